The van der Waals surface area contributed by atoms with Gasteiger partial charge in [0.1, 0.15) is 17.4 Å². The third-order valence-corrected chi connectivity index (χ3v) is 5.86. The third-order valence-electron chi connectivity index (χ3n) is 4.11. The van der Waals surface area contributed by atoms with Crippen LogP contribution in [0.2, 0.25) is 0 Å². The molecule has 1 aromatic rings. The zero-order valence-corrected chi connectivity index (χ0v) is 14.8. The topological polar surface area (TPSA) is 102 Å². The van der Waals surface area contributed by atoms with Gasteiger partial charge in [-0.15, -0.1) is 0 Å². The van der Waals surface area contributed by atoms with Gasteiger partial charge >= 0.3 is 0 Å². The van der Waals surface area contributed by atoms with Gasteiger partial charge in [0.05, 0.1) is 23.7 Å². The Balaban J connectivity index is 1.73. The van der Waals surface area contributed by atoms with Gasteiger partial charge in [-0.05, 0) is 25.6 Å². The smallest absolute Gasteiger partial charge is 0.234 e. The summed E-state index contributed by atoms with van der Waals surface area (Å²) in [7, 11) is -1.25. The summed E-state index contributed by atoms with van der Waals surface area (Å²) in [5.41, 5.74) is 0.320. The lowest BCUT2D eigenvalue weighted by atomic mass is 10.2. The second-order valence-electron chi connectivity index (χ2n) is 6.02. The number of amides is 1. The molecule has 1 aliphatic heterocycles. The zero-order valence-electron chi connectivity index (χ0n) is 14.0. The minimum atomic E-state index is -2.98. The zero-order chi connectivity index (χ0) is 18.4. The molecule has 0 aliphatic carbocycles. The van der Waals surface area contributed by atoms with Gasteiger partial charge in [-0.25, -0.2) is 12.8 Å². The van der Waals surface area contributed by atoms with Crippen molar-refractivity contribution < 1.29 is 17.6 Å². The number of rotatable bonds is 7. The Morgan fingerprint density at radius 1 is 1.44 bits per heavy atom. The first-order valence-electron chi connectivity index (χ1n) is 7.92. The average Bonchev–Trinajstić information content (AvgIpc) is 2.92. The largest absolute Gasteiger partial charge is 0.382 e. The van der Waals surface area contributed by atoms with Crippen molar-refractivity contribution in [2.75, 3.05) is 43.5 Å². The maximum absolute atomic E-state index is 13.5. The van der Waals surface area contributed by atoms with Gasteiger partial charge in [-0.3, -0.25) is 9.69 Å². The van der Waals surface area contributed by atoms with E-state index in [0.717, 1.165) is 0 Å². The molecule has 1 aliphatic rings. The summed E-state index contributed by atoms with van der Waals surface area (Å²) in [6, 6.07) is 5.98. The highest BCUT2D eigenvalue weighted by molar-refractivity contribution is 7.91. The van der Waals surface area contributed by atoms with Crippen LogP contribution in [0.5, 0.6) is 0 Å². The van der Waals surface area contributed by atoms with Gasteiger partial charge in [-0.2, -0.15) is 5.26 Å². The SMILES string of the molecule is CN(CC(=O)NCCNc1cccc(F)c1C#N)C1CCS(=O)(=O)C1. The van der Waals surface area contributed by atoms with E-state index in [1.807, 2.05) is 0 Å². The highest BCUT2D eigenvalue weighted by Gasteiger charge is 2.31. The van der Waals surface area contributed by atoms with Gasteiger partial charge in [0.25, 0.3) is 0 Å². The van der Waals surface area contributed by atoms with E-state index in [1.165, 1.54) is 12.1 Å². The molecule has 1 atom stereocenters. The number of hydrogen-bond donors (Lipinski definition) is 2. The Morgan fingerprint density at radius 3 is 2.84 bits per heavy atom. The van der Waals surface area contributed by atoms with Crippen molar-refractivity contribution in [3.8, 4) is 6.07 Å². The van der Waals surface area contributed by atoms with Gasteiger partial charge in [0.15, 0.2) is 9.84 Å². The maximum Gasteiger partial charge on any atom is 0.234 e. The minimum absolute atomic E-state index is 0.0593. The normalized spacial score (nSPS) is 18.7. The van der Waals surface area contributed by atoms with Crippen LogP contribution < -0.4 is 10.6 Å². The van der Waals surface area contributed by atoms with Gasteiger partial charge in [0, 0.05) is 19.1 Å². The summed E-state index contributed by atoms with van der Waals surface area (Å²) >= 11 is 0. The summed E-state index contributed by atoms with van der Waals surface area (Å²) in [6.07, 6.45) is 0.546. The second kappa shape index (κ2) is 8.27. The molecule has 2 rings (SSSR count). The van der Waals surface area contributed by atoms with Crippen molar-refractivity contribution in [2.45, 2.75) is 12.5 Å². The van der Waals surface area contributed by atoms with Crippen molar-refractivity contribution in [3.05, 3.63) is 29.6 Å². The summed E-state index contributed by atoms with van der Waals surface area (Å²) in [4.78, 5) is 13.7. The van der Waals surface area contributed by atoms with Gasteiger partial charge in [0.2, 0.25) is 5.91 Å². The van der Waals surface area contributed by atoms with Crippen molar-refractivity contribution >= 4 is 21.4 Å². The number of sulfone groups is 1. The maximum atomic E-state index is 13.5. The molecule has 9 heteroatoms. The fraction of sp³-hybridized carbons (Fsp3) is 0.500. The van der Waals surface area contributed by atoms with Crippen molar-refractivity contribution in [1.82, 2.24) is 10.2 Å². The van der Waals surface area contributed by atoms with Gasteiger partial charge in [-0.1, -0.05) is 6.07 Å². The molecule has 1 heterocycles. The Morgan fingerprint density at radius 2 is 2.20 bits per heavy atom. The van der Waals surface area contributed by atoms with E-state index < -0.39 is 15.7 Å². The number of nitrogens with zero attached hydrogens (tertiary/aromatic N) is 2. The predicted octanol–water partition coefficient (Wildman–Crippen LogP) is 0.344. The molecule has 1 saturated heterocycles. The molecule has 1 aromatic carbocycles. The van der Waals surface area contributed by atoms with Crippen LogP contribution in [-0.2, 0) is 14.6 Å². The molecule has 7 nitrogen and oxygen atoms in total. The first-order valence-corrected chi connectivity index (χ1v) is 9.74. The molecular formula is C16H21FN4O3S. The molecule has 0 bridgehead atoms. The molecule has 2 N–H and O–H groups in total. The molecule has 0 aromatic heterocycles. The number of carbonyl (C=O) groups is 1. The van der Waals surface area contributed by atoms with Crippen LogP contribution in [0.15, 0.2) is 18.2 Å². The molecule has 25 heavy (non-hydrogen) atoms. The number of benzene rings is 1. The molecule has 1 fully saturated rings. The fourth-order valence-corrected chi connectivity index (χ4v) is 4.52. The Kier molecular flexibility index (Phi) is 6.33. The van der Waals surface area contributed by atoms with Crippen LogP contribution in [0.4, 0.5) is 10.1 Å². The van der Waals surface area contributed by atoms with Crippen LogP contribution >= 0.6 is 0 Å². The van der Waals surface area contributed by atoms with Crippen molar-refractivity contribution in [1.29, 1.82) is 5.26 Å². The van der Waals surface area contributed by atoms with E-state index in [2.05, 4.69) is 10.6 Å². The van der Waals surface area contributed by atoms with Crippen molar-refractivity contribution in [2.24, 2.45) is 0 Å². The van der Waals surface area contributed by atoms with Crippen LogP contribution in [0.3, 0.4) is 0 Å². The van der Waals surface area contributed by atoms with E-state index in [0.29, 0.717) is 25.2 Å². The number of anilines is 1. The summed E-state index contributed by atoms with van der Waals surface area (Å²) in [5.74, 6) is -0.546. The Labute approximate surface area is 146 Å². The molecule has 0 radical (unpaired) electrons. The molecule has 136 valence electrons. The Bertz CT molecular complexity index is 776. The lowest BCUT2D eigenvalue weighted by molar-refractivity contribution is -0.122. The first-order chi connectivity index (χ1) is 11.8. The van der Waals surface area contributed by atoms with Gasteiger partial charge < -0.3 is 10.6 Å². The number of nitrogens with one attached hydrogen (secondary N) is 2. The molecule has 1 amide bonds. The quantitative estimate of drug-likeness (QED) is 0.673. The number of carbonyl (C=O) groups excluding carboxylic acids is 1. The highest BCUT2D eigenvalue weighted by Crippen LogP contribution is 2.17. The Hall–Kier alpha value is -2.18. The lowest BCUT2D eigenvalue weighted by Gasteiger charge is -2.22. The summed E-state index contributed by atoms with van der Waals surface area (Å²) < 4.78 is 36.4. The van der Waals surface area contributed by atoms with Crippen LogP contribution in [0.25, 0.3) is 0 Å². The molecular weight excluding hydrogens is 347 g/mol. The van der Waals surface area contributed by atoms with Crippen LogP contribution in [0.1, 0.15) is 12.0 Å². The van der Waals surface area contributed by atoms with E-state index in [1.54, 1.807) is 24.1 Å². The predicted molar refractivity (Wildman–Crippen MR) is 92.3 cm³/mol. The number of halogens is 1. The standard InChI is InChI=1S/C16H21FN4O3S/c1-21(12-5-8-25(23,24)11-12)10-16(22)20-7-6-19-15-4-2-3-14(17)13(15)9-18/h2-4,12,19H,5-8,10-11H2,1H3,(H,20,22). The van der Waals surface area contributed by atoms with E-state index in [9.17, 15) is 17.6 Å². The fourth-order valence-electron chi connectivity index (χ4n) is 2.72. The lowest BCUT2D eigenvalue weighted by Crippen LogP contribution is -2.42. The summed E-state index contributed by atoms with van der Waals surface area (Å²) in [6.45, 7) is 0.756. The van der Waals surface area contributed by atoms with Crippen molar-refractivity contribution in [3.63, 3.8) is 0 Å². The third kappa shape index (κ3) is 5.41. The number of likely N-dealkylation sites (N-methyl/N-ethyl adjacent to an activating group) is 1. The van der Waals surface area contributed by atoms with E-state index in [4.69, 9.17) is 5.26 Å². The average molecular weight is 368 g/mol. The summed E-state index contributed by atoms with van der Waals surface area (Å²) in [5, 5.41) is 14.6. The second-order valence-corrected chi connectivity index (χ2v) is 8.25. The number of hydrogen-bond acceptors (Lipinski definition) is 6. The highest BCUT2D eigenvalue weighted by atomic mass is 32.2. The molecule has 0 spiro atoms. The van der Waals surface area contributed by atoms with E-state index >= 15 is 0 Å². The molecule has 0 saturated carbocycles. The first kappa shape index (κ1) is 19.1. The monoisotopic (exact) mass is 368 g/mol. The minimum Gasteiger partial charge on any atom is -0.382 e. The molecule has 1 unspecified atom stereocenters. The van der Waals surface area contributed by atoms with Crippen LogP contribution in [0, 0.1) is 17.1 Å². The van der Waals surface area contributed by atoms with Crippen LogP contribution in [-0.4, -0.2) is 63.5 Å². The van der Waals surface area contributed by atoms with E-state index in [-0.39, 0.29) is 35.6 Å². The number of nitriles is 1.